The molecule has 0 N–H and O–H groups in total. The zero-order chi connectivity index (χ0) is 25.3. The maximum Gasteiger partial charge on any atom is 0.186 e. The Balaban J connectivity index is 1.60. The van der Waals surface area contributed by atoms with Crippen molar-refractivity contribution in [1.29, 1.82) is 0 Å². The largest absolute Gasteiger partial charge is 0.361 e. The van der Waals surface area contributed by atoms with Crippen molar-refractivity contribution in [3.63, 3.8) is 0 Å². The summed E-state index contributed by atoms with van der Waals surface area (Å²) >= 11 is 0. The number of aromatic nitrogens is 4. The Morgan fingerprint density at radius 2 is 1.89 bits per heavy atom. The van der Waals surface area contributed by atoms with Gasteiger partial charge in [0.1, 0.15) is 17.4 Å². The topological polar surface area (TPSA) is 73.8 Å². The summed E-state index contributed by atoms with van der Waals surface area (Å²) in [5, 5.41) is 13.6. The third kappa shape index (κ3) is 6.47. The molecule has 1 saturated carbocycles. The van der Waals surface area contributed by atoms with Crippen LogP contribution in [-0.4, -0.2) is 25.7 Å². The molecular formula is C29H40N4O2. The molecule has 188 valence electrons. The van der Waals surface area contributed by atoms with Crippen molar-refractivity contribution in [3.05, 3.63) is 52.5 Å². The summed E-state index contributed by atoms with van der Waals surface area (Å²) in [6.07, 6.45) is 4.87. The van der Waals surface area contributed by atoms with Gasteiger partial charge < -0.3 is 9.09 Å². The summed E-state index contributed by atoms with van der Waals surface area (Å²) in [5.41, 5.74) is 4.37. The molecule has 0 saturated heterocycles. The first kappa shape index (κ1) is 25.3. The predicted molar refractivity (Wildman–Crippen MR) is 138 cm³/mol. The zero-order valence-corrected chi connectivity index (χ0v) is 22.4. The first-order chi connectivity index (χ1) is 16.5. The van der Waals surface area contributed by atoms with Crippen LogP contribution in [0.5, 0.6) is 0 Å². The van der Waals surface area contributed by atoms with Crippen molar-refractivity contribution in [2.75, 3.05) is 0 Å². The summed E-state index contributed by atoms with van der Waals surface area (Å²) < 4.78 is 7.90. The van der Waals surface area contributed by atoms with E-state index in [9.17, 15) is 4.79 Å². The highest BCUT2D eigenvalue weighted by Gasteiger charge is 2.34. The van der Waals surface area contributed by atoms with Crippen molar-refractivity contribution < 1.29 is 9.32 Å². The molecule has 0 unspecified atom stereocenters. The minimum Gasteiger partial charge on any atom is -0.361 e. The Hall–Kier alpha value is -2.76. The Bertz CT molecular complexity index is 1180. The van der Waals surface area contributed by atoms with Gasteiger partial charge in [0.15, 0.2) is 11.5 Å². The fourth-order valence-electron chi connectivity index (χ4n) is 4.93. The summed E-state index contributed by atoms with van der Waals surface area (Å²) in [6.45, 7) is 15.1. The highest BCUT2D eigenvalue weighted by atomic mass is 16.5. The molecule has 1 aromatic carbocycles. The molecule has 0 spiro atoms. The molecule has 2 aromatic heterocycles. The van der Waals surface area contributed by atoms with Crippen LogP contribution >= 0.6 is 0 Å². The van der Waals surface area contributed by atoms with E-state index in [2.05, 4.69) is 86.6 Å². The normalized spacial score (nSPS) is 15.1. The molecule has 0 bridgehead atoms. The third-order valence-electron chi connectivity index (χ3n) is 6.61. The van der Waals surface area contributed by atoms with Gasteiger partial charge in [0.2, 0.25) is 0 Å². The lowest BCUT2D eigenvalue weighted by Gasteiger charge is -2.20. The van der Waals surface area contributed by atoms with Crippen LogP contribution in [0.3, 0.4) is 0 Å². The molecule has 1 fully saturated rings. The van der Waals surface area contributed by atoms with Crippen molar-refractivity contribution in [1.82, 2.24) is 19.9 Å². The van der Waals surface area contributed by atoms with E-state index in [0.717, 1.165) is 54.3 Å². The van der Waals surface area contributed by atoms with Gasteiger partial charge in [-0.2, -0.15) is 0 Å². The van der Waals surface area contributed by atoms with Gasteiger partial charge in [-0.3, -0.25) is 4.79 Å². The van der Waals surface area contributed by atoms with Gasteiger partial charge in [-0.15, -0.1) is 10.2 Å². The molecule has 6 nitrogen and oxygen atoms in total. The maximum atomic E-state index is 13.2. The van der Waals surface area contributed by atoms with Gasteiger partial charge in [-0.1, -0.05) is 63.5 Å². The lowest BCUT2D eigenvalue weighted by molar-refractivity contribution is -0.118. The number of rotatable bonds is 10. The molecule has 1 aliphatic rings. The molecule has 1 aliphatic carbocycles. The van der Waals surface area contributed by atoms with Crippen LogP contribution in [0.25, 0.3) is 11.5 Å². The molecule has 35 heavy (non-hydrogen) atoms. The molecule has 0 radical (unpaired) electrons. The van der Waals surface area contributed by atoms with Gasteiger partial charge in [-0.25, -0.2) is 0 Å². The molecule has 4 rings (SSSR count). The van der Waals surface area contributed by atoms with E-state index < -0.39 is 0 Å². The second-order valence-electron chi connectivity index (χ2n) is 12.1. The van der Waals surface area contributed by atoms with Crippen LogP contribution in [0.15, 0.2) is 28.8 Å². The lowest BCUT2D eigenvalue weighted by atomic mass is 9.89. The van der Waals surface area contributed by atoms with E-state index in [0.29, 0.717) is 24.8 Å². The molecule has 3 aromatic rings. The van der Waals surface area contributed by atoms with Crippen molar-refractivity contribution >= 4 is 5.78 Å². The Morgan fingerprint density at radius 3 is 2.51 bits per heavy atom. The zero-order valence-electron chi connectivity index (χ0n) is 22.4. The Labute approximate surface area is 209 Å². The first-order valence-electron chi connectivity index (χ1n) is 13.0. The highest BCUT2D eigenvalue weighted by Crippen LogP contribution is 2.42. The molecule has 0 amide bonds. The molecule has 0 aliphatic heterocycles. The number of carbonyl (C=O) groups is 1. The van der Waals surface area contributed by atoms with Crippen LogP contribution in [0.2, 0.25) is 0 Å². The molecule has 1 atom stereocenters. The fourth-order valence-corrected chi connectivity index (χ4v) is 4.93. The number of hydrogen-bond acceptors (Lipinski definition) is 5. The SMILES string of the molecule is Cc1ccc(CC(=O)C[C@H](CC(C)C)c2nnc(-c3cc(CC(C)(C)C)on3)n2C2CC2)c(C)c1. The summed E-state index contributed by atoms with van der Waals surface area (Å²) in [7, 11) is 0. The van der Waals surface area contributed by atoms with Crippen molar-refractivity contribution in [2.45, 2.75) is 99.0 Å². The average molecular weight is 477 g/mol. The Morgan fingerprint density at radius 1 is 1.14 bits per heavy atom. The average Bonchev–Trinajstić information content (AvgIpc) is 3.31. The first-order valence-corrected chi connectivity index (χ1v) is 13.0. The van der Waals surface area contributed by atoms with E-state index in [1.54, 1.807) is 0 Å². The number of ketones is 1. The molecule has 6 heteroatoms. The fraction of sp³-hybridized carbons (Fsp3) is 0.586. The van der Waals surface area contributed by atoms with Gasteiger partial charge in [-0.05, 0) is 55.6 Å². The minimum atomic E-state index is 0.0380. The van der Waals surface area contributed by atoms with Crippen molar-refractivity contribution in [2.24, 2.45) is 11.3 Å². The van der Waals surface area contributed by atoms with Gasteiger partial charge in [0.05, 0.1) is 0 Å². The number of carbonyl (C=O) groups excluding carboxylic acids is 1. The number of benzene rings is 1. The highest BCUT2D eigenvalue weighted by molar-refractivity contribution is 5.82. The van der Waals surface area contributed by atoms with Crippen molar-refractivity contribution in [3.8, 4) is 11.5 Å². The summed E-state index contributed by atoms with van der Waals surface area (Å²) in [6, 6.07) is 8.70. The summed E-state index contributed by atoms with van der Waals surface area (Å²) in [4.78, 5) is 13.2. The quantitative estimate of drug-likeness (QED) is 0.321. The van der Waals surface area contributed by atoms with Crippen LogP contribution in [-0.2, 0) is 17.6 Å². The van der Waals surface area contributed by atoms with Crippen LogP contribution < -0.4 is 0 Å². The van der Waals surface area contributed by atoms with E-state index in [-0.39, 0.29) is 17.1 Å². The smallest absolute Gasteiger partial charge is 0.186 e. The lowest BCUT2D eigenvalue weighted by Crippen LogP contribution is -2.17. The second kappa shape index (κ2) is 10.1. The van der Waals surface area contributed by atoms with Gasteiger partial charge >= 0.3 is 0 Å². The van der Waals surface area contributed by atoms with E-state index in [4.69, 9.17) is 4.52 Å². The monoisotopic (exact) mass is 476 g/mol. The van der Waals surface area contributed by atoms with Gasteiger partial charge in [0.25, 0.3) is 0 Å². The van der Waals surface area contributed by atoms with E-state index >= 15 is 0 Å². The number of hydrogen-bond donors (Lipinski definition) is 0. The van der Waals surface area contributed by atoms with Crippen LogP contribution in [0.4, 0.5) is 0 Å². The van der Waals surface area contributed by atoms with Gasteiger partial charge in [0, 0.05) is 37.3 Å². The number of Topliss-reactive ketones (excluding diaryl/α,β-unsaturated/α-hetero) is 1. The van der Waals surface area contributed by atoms with Crippen LogP contribution in [0, 0.1) is 25.2 Å². The van der Waals surface area contributed by atoms with E-state index in [1.165, 1.54) is 11.1 Å². The van der Waals surface area contributed by atoms with E-state index in [1.807, 2.05) is 6.07 Å². The minimum absolute atomic E-state index is 0.0380. The molecular weight excluding hydrogens is 436 g/mol. The Kier molecular flexibility index (Phi) is 7.30. The molecule has 2 heterocycles. The number of nitrogens with zero attached hydrogens (tertiary/aromatic N) is 4. The standard InChI is InChI=1S/C29H40N4O2/c1-18(2)12-22(15-24(34)14-21-9-8-19(3)13-20(21)4)27-30-31-28(33(27)23-10-11-23)26-16-25(35-32-26)17-29(5,6)7/h8-9,13,16,18,22-23H,10-12,14-15,17H2,1-7H3/t22-/m0/s1. The number of aryl methyl sites for hydroxylation is 2. The predicted octanol–water partition coefficient (Wildman–Crippen LogP) is 6.81. The third-order valence-corrected chi connectivity index (χ3v) is 6.61. The van der Waals surface area contributed by atoms with Crippen LogP contribution in [0.1, 0.15) is 101 Å². The summed E-state index contributed by atoms with van der Waals surface area (Å²) in [5.74, 6) is 3.29. The maximum absolute atomic E-state index is 13.2. The second-order valence-corrected chi connectivity index (χ2v) is 12.1.